The Hall–Kier alpha value is -3.31. The molecular weight excluding hydrogens is 451 g/mol. The number of amides is 4. The maximum absolute atomic E-state index is 13.1. The monoisotopic (exact) mass is 474 g/mol. The minimum atomic E-state index is -3.81. The van der Waals surface area contributed by atoms with Crippen LogP contribution < -0.4 is 10.7 Å². The van der Waals surface area contributed by atoms with Crippen molar-refractivity contribution in [3.05, 3.63) is 66.0 Å². The van der Waals surface area contributed by atoms with Crippen LogP contribution in [-0.2, 0) is 25.2 Å². The van der Waals surface area contributed by atoms with Gasteiger partial charge in [-0.15, -0.1) is 0 Å². The van der Waals surface area contributed by atoms with Crippen LogP contribution in [0.3, 0.4) is 0 Å². The van der Waals surface area contributed by atoms with Crippen LogP contribution in [0.2, 0.25) is 0 Å². The first-order valence-corrected chi connectivity index (χ1v) is 11.9. The first-order chi connectivity index (χ1) is 15.6. The second-order valence-electron chi connectivity index (χ2n) is 8.17. The molecule has 33 heavy (non-hydrogen) atoms. The summed E-state index contributed by atoms with van der Waals surface area (Å²) in [5, 5.41) is 3.29. The van der Waals surface area contributed by atoms with Crippen LogP contribution in [0.5, 0.6) is 0 Å². The predicted octanol–water partition coefficient (Wildman–Crippen LogP) is 1.72. The topological polar surface area (TPSA) is 116 Å². The van der Waals surface area contributed by atoms with E-state index in [-0.39, 0.29) is 30.8 Å². The Balaban J connectivity index is 1.39. The third-order valence-electron chi connectivity index (χ3n) is 6.04. The van der Waals surface area contributed by atoms with Gasteiger partial charge in [0.05, 0.1) is 4.90 Å². The average molecular weight is 475 g/mol. The summed E-state index contributed by atoms with van der Waals surface area (Å²) < 4.78 is 39.8. The van der Waals surface area contributed by atoms with Crippen molar-refractivity contribution in [3.63, 3.8) is 0 Å². The van der Waals surface area contributed by atoms with Crippen molar-refractivity contribution >= 4 is 27.9 Å². The lowest BCUT2D eigenvalue weighted by Crippen LogP contribution is -2.51. The van der Waals surface area contributed by atoms with E-state index in [1.165, 1.54) is 16.4 Å². The molecule has 0 radical (unpaired) electrons. The van der Waals surface area contributed by atoms with Crippen molar-refractivity contribution in [1.29, 1.82) is 0 Å². The SMILES string of the molecule is C[C@@]1(c2ccccc2)NC(=O)N(NC(=O)C2CCN(S(=O)(=O)c3ccc(F)cc3)CC2)C1=O. The quantitative estimate of drug-likeness (QED) is 0.641. The van der Waals surface area contributed by atoms with Gasteiger partial charge in [-0.05, 0) is 49.6 Å². The molecule has 2 N–H and O–H groups in total. The lowest BCUT2D eigenvalue weighted by molar-refractivity contribution is -0.141. The molecule has 9 nitrogen and oxygen atoms in total. The van der Waals surface area contributed by atoms with Crippen LogP contribution in [-0.4, -0.2) is 48.7 Å². The average Bonchev–Trinajstić information content (AvgIpc) is 3.04. The number of hydrogen-bond acceptors (Lipinski definition) is 5. The summed E-state index contributed by atoms with van der Waals surface area (Å²) >= 11 is 0. The smallest absolute Gasteiger partial charge is 0.318 e. The van der Waals surface area contributed by atoms with Crippen LogP contribution in [0.25, 0.3) is 0 Å². The van der Waals surface area contributed by atoms with Gasteiger partial charge in [-0.25, -0.2) is 17.6 Å². The number of halogens is 1. The normalized spacial score (nSPS) is 22.3. The highest BCUT2D eigenvalue weighted by atomic mass is 32.2. The third kappa shape index (κ3) is 4.21. The number of sulfonamides is 1. The Morgan fingerprint density at radius 2 is 1.67 bits per heavy atom. The fourth-order valence-corrected chi connectivity index (χ4v) is 5.49. The maximum atomic E-state index is 13.1. The molecule has 0 spiro atoms. The molecule has 0 unspecified atom stereocenters. The van der Waals surface area contributed by atoms with Crippen LogP contribution in [0, 0.1) is 11.7 Å². The molecule has 0 aliphatic carbocycles. The van der Waals surface area contributed by atoms with Gasteiger partial charge in [0.15, 0.2) is 0 Å². The van der Waals surface area contributed by atoms with E-state index in [2.05, 4.69) is 10.7 Å². The van der Waals surface area contributed by atoms with Gasteiger partial charge in [-0.1, -0.05) is 30.3 Å². The number of hydrazine groups is 1. The standard InChI is InChI=1S/C22H23FN4O5S/c1-22(16-5-3-2-4-6-16)20(29)27(21(30)24-22)25-19(28)15-11-13-26(14-12-15)33(31,32)18-9-7-17(23)8-10-18/h2-10,15H,11-14H2,1H3,(H,24,30)(H,25,28)/t22-/m0/s1. The first kappa shape index (κ1) is 22.9. The Labute approximate surface area is 190 Å². The van der Waals surface area contributed by atoms with Gasteiger partial charge in [0.1, 0.15) is 11.4 Å². The number of hydrogen-bond donors (Lipinski definition) is 2. The summed E-state index contributed by atoms with van der Waals surface area (Å²) in [6.45, 7) is 1.73. The molecule has 2 heterocycles. The molecule has 4 rings (SSSR count). The van der Waals surface area contributed by atoms with E-state index >= 15 is 0 Å². The van der Waals surface area contributed by atoms with Crippen LogP contribution in [0.15, 0.2) is 59.5 Å². The lowest BCUT2D eigenvalue weighted by atomic mass is 9.92. The van der Waals surface area contributed by atoms with Gasteiger partial charge in [0.2, 0.25) is 15.9 Å². The predicted molar refractivity (Wildman–Crippen MR) is 115 cm³/mol. The number of nitrogens with zero attached hydrogens (tertiary/aromatic N) is 2. The van der Waals surface area contributed by atoms with Crippen molar-refractivity contribution in [2.75, 3.05) is 13.1 Å². The zero-order valence-corrected chi connectivity index (χ0v) is 18.6. The third-order valence-corrected chi connectivity index (χ3v) is 7.95. The fourth-order valence-electron chi connectivity index (χ4n) is 4.02. The summed E-state index contributed by atoms with van der Waals surface area (Å²) in [5.74, 6) is -2.25. The molecule has 1 atom stereocenters. The minimum absolute atomic E-state index is 0.0219. The molecule has 2 aliphatic heterocycles. The number of piperidine rings is 1. The van der Waals surface area contributed by atoms with Crippen molar-refractivity contribution in [1.82, 2.24) is 20.1 Å². The number of carbonyl (C=O) groups is 3. The minimum Gasteiger partial charge on any atom is -0.318 e. The maximum Gasteiger partial charge on any atom is 0.344 e. The largest absolute Gasteiger partial charge is 0.344 e. The number of benzene rings is 2. The molecule has 2 aromatic carbocycles. The molecule has 2 aliphatic rings. The van der Waals surface area contributed by atoms with Gasteiger partial charge < -0.3 is 5.32 Å². The second-order valence-corrected chi connectivity index (χ2v) is 10.1. The van der Waals surface area contributed by atoms with Gasteiger partial charge >= 0.3 is 6.03 Å². The number of urea groups is 1. The van der Waals surface area contributed by atoms with E-state index in [0.29, 0.717) is 10.6 Å². The van der Waals surface area contributed by atoms with E-state index in [1.807, 2.05) is 0 Å². The van der Waals surface area contributed by atoms with E-state index in [0.717, 1.165) is 12.1 Å². The summed E-state index contributed by atoms with van der Waals surface area (Å²) in [4.78, 5) is 38.1. The summed E-state index contributed by atoms with van der Waals surface area (Å²) in [6.07, 6.45) is 0.428. The molecule has 2 fully saturated rings. The lowest BCUT2D eigenvalue weighted by Gasteiger charge is -2.31. The summed E-state index contributed by atoms with van der Waals surface area (Å²) in [6, 6.07) is 12.5. The molecular formula is C22H23FN4O5S. The van der Waals surface area contributed by atoms with E-state index in [4.69, 9.17) is 0 Å². The van der Waals surface area contributed by atoms with Gasteiger partial charge in [0, 0.05) is 19.0 Å². The highest BCUT2D eigenvalue weighted by Crippen LogP contribution is 2.29. The Kier molecular flexibility index (Phi) is 5.93. The van der Waals surface area contributed by atoms with Crippen LogP contribution in [0.1, 0.15) is 25.3 Å². The fraction of sp³-hybridized carbons (Fsp3) is 0.318. The summed E-state index contributed by atoms with van der Waals surface area (Å²) in [7, 11) is -3.81. The highest BCUT2D eigenvalue weighted by molar-refractivity contribution is 7.89. The second kappa shape index (κ2) is 8.56. The van der Waals surface area contributed by atoms with Crippen molar-refractivity contribution < 1.29 is 27.2 Å². The molecule has 2 saturated heterocycles. The van der Waals surface area contributed by atoms with E-state index < -0.39 is 45.1 Å². The zero-order valence-electron chi connectivity index (χ0n) is 17.8. The van der Waals surface area contributed by atoms with Crippen molar-refractivity contribution in [3.8, 4) is 0 Å². The van der Waals surface area contributed by atoms with E-state index in [1.54, 1.807) is 37.3 Å². The Morgan fingerprint density at radius 1 is 1.06 bits per heavy atom. The first-order valence-electron chi connectivity index (χ1n) is 10.4. The molecule has 4 amide bonds. The molecule has 0 bridgehead atoms. The van der Waals surface area contributed by atoms with Crippen LogP contribution >= 0.6 is 0 Å². The number of carbonyl (C=O) groups excluding carboxylic acids is 3. The van der Waals surface area contributed by atoms with Gasteiger partial charge in [-0.3, -0.25) is 15.0 Å². The van der Waals surface area contributed by atoms with Gasteiger partial charge in [-0.2, -0.15) is 9.31 Å². The zero-order chi connectivity index (χ0) is 23.8. The Morgan fingerprint density at radius 3 is 2.27 bits per heavy atom. The van der Waals surface area contributed by atoms with Crippen molar-refractivity contribution in [2.24, 2.45) is 5.92 Å². The van der Waals surface area contributed by atoms with Gasteiger partial charge in [0.25, 0.3) is 5.91 Å². The summed E-state index contributed by atoms with van der Waals surface area (Å²) in [5.41, 5.74) is 1.66. The van der Waals surface area contributed by atoms with Crippen LogP contribution in [0.4, 0.5) is 9.18 Å². The number of nitrogens with one attached hydrogen (secondary N) is 2. The molecule has 2 aromatic rings. The Bertz CT molecular complexity index is 1180. The van der Waals surface area contributed by atoms with Crippen molar-refractivity contribution in [2.45, 2.75) is 30.2 Å². The molecule has 0 aromatic heterocycles. The molecule has 11 heteroatoms. The van der Waals surface area contributed by atoms with E-state index in [9.17, 15) is 27.2 Å². The number of imide groups is 1. The highest BCUT2D eigenvalue weighted by Gasteiger charge is 2.50. The molecule has 0 saturated carbocycles. The molecule has 174 valence electrons. The number of rotatable bonds is 5.